The van der Waals surface area contributed by atoms with Gasteiger partial charge >= 0.3 is 0 Å². The van der Waals surface area contributed by atoms with E-state index < -0.39 is 0 Å². The molecule has 0 unspecified atom stereocenters. The molecule has 0 N–H and O–H groups in total. The Bertz CT molecular complexity index is 532. The lowest BCUT2D eigenvalue weighted by molar-refractivity contribution is 0.101. The first kappa shape index (κ1) is 12.1. The van der Waals surface area contributed by atoms with E-state index in [2.05, 4.69) is 28.1 Å². The first-order valence-corrected chi connectivity index (χ1v) is 6.29. The summed E-state index contributed by atoms with van der Waals surface area (Å²) >= 11 is 3.45. The van der Waals surface area contributed by atoms with Crippen LogP contribution in [0.5, 0.6) is 0 Å². The number of rotatable bonds is 3. The van der Waals surface area contributed by atoms with E-state index in [0.717, 1.165) is 22.0 Å². The first-order chi connectivity index (χ1) is 8.16. The highest BCUT2D eigenvalue weighted by Gasteiger charge is 2.08. The van der Waals surface area contributed by atoms with Crippen molar-refractivity contribution in [1.29, 1.82) is 0 Å². The van der Waals surface area contributed by atoms with Crippen LogP contribution >= 0.6 is 15.9 Å². The molecular formula is C15H13BrO. The Balaban J connectivity index is 2.37. The lowest BCUT2D eigenvalue weighted by atomic mass is 9.98. The fourth-order valence-electron chi connectivity index (χ4n) is 1.87. The number of ketones is 1. The molecule has 2 heteroatoms. The Morgan fingerprint density at radius 1 is 1.12 bits per heavy atom. The molecular weight excluding hydrogens is 276 g/mol. The van der Waals surface area contributed by atoms with Gasteiger partial charge in [-0.25, -0.2) is 0 Å². The average Bonchev–Trinajstić information content (AvgIpc) is 2.30. The number of benzene rings is 2. The van der Waals surface area contributed by atoms with Crippen LogP contribution in [0.3, 0.4) is 0 Å². The van der Waals surface area contributed by atoms with Crippen LogP contribution < -0.4 is 0 Å². The summed E-state index contributed by atoms with van der Waals surface area (Å²) in [5, 5.41) is 0. The zero-order valence-corrected chi connectivity index (χ0v) is 11.2. The Labute approximate surface area is 110 Å². The second kappa shape index (κ2) is 5.28. The number of hydrogen-bond donors (Lipinski definition) is 0. The predicted octanol–water partition coefficient (Wildman–Crippen LogP) is 4.24. The van der Waals surface area contributed by atoms with Gasteiger partial charge in [0.05, 0.1) is 0 Å². The van der Waals surface area contributed by atoms with Gasteiger partial charge in [-0.05, 0) is 36.6 Å². The third-order valence-electron chi connectivity index (χ3n) is 2.68. The van der Waals surface area contributed by atoms with Gasteiger partial charge in [0.1, 0.15) is 0 Å². The Kier molecular flexibility index (Phi) is 3.75. The summed E-state index contributed by atoms with van der Waals surface area (Å²) in [6.45, 7) is 1.61. The number of halogens is 1. The molecule has 0 heterocycles. The molecule has 0 bridgehead atoms. The van der Waals surface area contributed by atoms with Crippen molar-refractivity contribution < 1.29 is 4.79 Å². The molecule has 0 atom stereocenters. The second-order valence-electron chi connectivity index (χ2n) is 4.02. The monoisotopic (exact) mass is 288 g/mol. The maximum atomic E-state index is 11.6. The third-order valence-corrected chi connectivity index (χ3v) is 3.18. The Hall–Kier alpha value is -1.41. The van der Waals surface area contributed by atoms with Gasteiger partial charge in [0, 0.05) is 10.0 Å². The van der Waals surface area contributed by atoms with Crippen molar-refractivity contribution in [3.63, 3.8) is 0 Å². The van der Waals surface area contributed by atoms with Gasteiger partial charge in [0.15, 0.2) is 5.78 Å². The minimum absolute atomic E-state index is 0.114. The molecule has 86 valence electrons. The van der Waals surface area contributed by atoms with Crippen molar-refractivity contribution in [2.24, 2.45) is 0 Å². The van der Waals surface area contributed by atoms with Crippen molar-refractivity contribution in [1.82, 2.24) is 0 Å². The smallest absolute Gasteiger partial charge is 0.160 e. The second-order valence-corrected chi connectivity index (χ2v) is 4.94. The lowest BCUT2D eigenvalue weighted by Gasteiger charge is -2.07. The molecule has 2 rings (SSSR count). The summed E-state index contributed by atoms with van der Waals surface area (Å²) in [5.74, 6) is 0.114. The van der Waals surface area contributed by atoms with E-state index in [4.69, 9.17) is 0 Å². The van der Waals surface area contributed by atoms with Crippen molar-refractivity contribution in [3.05, 3.63) is 69.7 Å². The van der Waals surface area contributed by atoms with E-state index in [1.54, 1.807) is 6.92 Å². The molecule has 0 fully saturated rings. The fraction of sp³-hybridized carbons (Fsp3) is 0.133. The van der Waals surface area contributed by atoms with E-state index in [9.17, 15) is 4.79 Å². The molecule has 2 aromatic rings. The summed E-state index contributed by atoms with van der Waals surface area (Å²) in [4.78, 5) is 11.6. The van der Waals surface area contributed by atoms with Gasteiger partial charge < -0.3 is 0 Å². The molecule has 1 nitrogen and oxygen atoms in total. The van der Waals surface area contributed by atoms with Crippen LogP contribution in [0, 0.1) is 0 Å². The maximum Gasteiger partial charge on any atom is 0.160 e. The molecule has 0 saturated heterocycles. The van der Waals surface area contributed by atoms with Crippen LogP contribution in [-0.4, -0.2) is 5.78 Å². The molecule has 0 amide bonds. The predicted molar refractivity (Wildman–Crippen MR) is 73.4 cm³/mol. The van der Waals surface area contributed by atoms with Crippen LogP contribution in [0.1, 0.15) is 28.4 Å². The van der Waals surface area contributed by atoms with Crippen molar-refractivity contribution in [2.75, 3.05) is 0 Å². The fourth-order valence-corrected chi connectivity index (χ4v) is 2.28. The standard InChI is InChI=1S/C15H13BrO/c1-11(17)15-8-7-14(16)10-13(15)9-12-5-3-2-4-6-12/h2-8,10H,9H2,1H3. The number of Topliss-reactive ketones (excluding diaryl/α,β-unsaturated/α-hetero) is 1. The lowest BCUT2D eigenvalue weighted by Crippen LogP contribution is -2.00. The van der Waals surface area contributed by atoms with Crippen LogP contribution in [0.2, 0.25) is 0 Å². The molecule has 0 aliphatic heterocycles. The molecule has 2 aromatic carbocycles. The average molecular weight is 289 g/mol. The van der Waals surface area contributed by atoms with Crippen molar-refractivity contribution in [3.8, 4) is 0 Å². The largest absolute Gasteiger partial charge is 0.295 e. The third kappa shape index (κ3) is 3.04. The summed E-state index contributed by atoms with van der Waals surface area (Å²) in [7, 11) is 0. The summed E-state index contributed by atoms with van der Waals surface area (Å²) in [5.41, 5.74) is 3.09. The molecule has 0 aliphatic rings. The van der Waals surface area contributed by atoms with E-state index in [1.807, 2.05) is 36.4 Å². The molecule has 0 aromatic heterocycles. The number of carbonyl (C=O) groups is 1. The number of carbonyl (C=O) groups excluding carboxylic acids is 1. The zero-order chi connectivity index (χ0) is 12.3. The van der Waals surface area contributed by atoms with Crippen molar-refractivity contribution in [2.45, 2.75) is 13.3 Å². The molecule has 0 radical (unpaired) electrons. The highest BCUT2D eigenvalue weighted by Crippen LogP contribution is 2.20. The highest BCUT2D eigenvalue weighted by molar-refractivity contribution is 9.10. The normalized spacial score (nSPS) is 10.2. The summed E-state index contributed by atoms with van der Waals surface area (Å²) in [6, 6.07) is 16.0. The first-order valence-electron chi connectivity index (χ1n) is 5.50. The maximum absolute atomic E-state index is 11.6. The quantitative estimate of drug-likeness (QED) is 0.772. The summed E-state index contributed by atoms with van der Waals surface area (Å²) in [6.07, 6.45) is 0.787. The van der Waals surface area contributed by atoms with Gasteiger partial charge in [-0.1, -0.05) is 52.3 Å². The van der Waals surface area contributed by atoms with Crippen LogP contribution in [0.15, 0.2) is 53.0 Å². The zero-order valence-electron chi connectivity index (χ0n) is 9.61. The van der Waals surface area contributed by atoms with Gasteiger partial charge in [-0.3, -0.25) is 4.79 Å². The van der Waals surface area contributed by atoms with Gasteiger partial charge in [0.2, 0.25) is 0 Å². The minimum Gasteiger partial charge on any atom is -0.295 e. The topological polar surface area (TPSA) is 17.1 Å². The molecule has 0 aliphatic carbocycles. The van der Waals surface area contributed by atoms with E-state index in [-0.39, 0.29) is 5.78 Å². The van der Waals surface area contributed by atoms with Crippen molar-refractivity contribution >= 4 is 21.7 Å². The van der Waals surface area contributed by atoms with E-state index in [1.165, 1.54) is 5.56 Å². The highest BCUT2D eigenvalue weighted by atomic mass is 79.9. The van der Waals surface area contributed by atoms with Crippen LogP contribution in [0.25, 0.3) is 0 Å². The summed E-state index contributed by atoms with van der Waals surface area (Å²) < 4.78 is 1.01. The van der Waals surface area contributed by atoms with Gasteiger partial charge in [0.25, 0.3) is 0 Å². The van der Waals surface area contributed by atoms with Crippen LogP contribution in [0.4, 0.5) is 0 Å². The van der Waals surface area contributed by atoms with E-state index in [0.29, 0.717) is 0 Å². The van der Waals surface area contributed by atoms with E-state index >= 15 is 0 Å². The SMILES string of the molecule is CC(=O)c1ccc(Br)cc1Cc1ccccc1. The number of hydrogen-bond acceptors (Lipinski definition) is 1. The van der Waals surface area contributed by atoms with Gasteiger partial charge in [-0.15, -0.1) is 0 Å². The Morgan fingerprint density at radius 2 is 1.82 bits per heavy atom. The molecule has 17 heavy (non-hydrogen) atoms. The molecule has 0 spiro atoms. The van der Waals surface area contributed by atoms with Crippen LogP contribution in [-0.2, 0) is 6.42 Å². The molecule has 0 saturated carbocycles. The Morgan fingerprint density at radius 3 is 2.47 bits per heavy atom. The van der Waals surface area contributed by atoms with Gasteiger partial charge in [-0.2, -0.15) is 0 Å². The minimum atomic E-state index is 0.114.